The Balaban J connectivity index is 1.89. The largest absolute Gasteiger partial charge is 0.495 e. The van der Waals surface area contributed by atoms with Crippen molar-refractivity contribution in [2.75, 3.05) is 21.2 Å². The number of carbonyl (C=O) groups is 1. The normalized spacial score (nSPS) is 29.2. The predicted octanol–water partition coefficient (Wildman–Crippen LogP) is 3.19. The summed E-state index contributed by atoms with van der Waals surface area (Å²) in [5.41, 5.74) is -1.85. The minimum Gasteiger partial charge on any atom is -0.495 e. The van der Waals surface area contributed by atoms with Gasteiger partial charge in [-0.25, -0.2) is 0 Å². The van der Waals surface area contributed by atoms with Gasteiger partial charge in [0.2, 0.25) is 5.91 Å². The average molecular weight is 525 g/mol. The lowest BCUT2D eigenvalue weighted by Crippen LogP contribution is -2.52. The number of aromatic nitrogens is 1. The highest BCUT2D eigenvalue weighted by atomic mass is 79.9. The van der Waals surface area contributed by atoms with Crippen molar-refractivity contribution < 1.29 is 24.5 Å². The van der Waals surface area contributed by atoms with Gasteiger partial charge in [0.05, 0.1) is 31.0 Å². The Morgan fingerprint density at radius 1 is 1.12 bits per heavy atom. The van der Waals surface area contributed by atoms with E-state index in [2.05, 4.69) is 20.9 Å². The Morgan fingerprint density at radius 3 is 2.41 bits per heavy atom. The molecule has 0 spiro atoms. The van der Waals surface area contributed by atoms with Crippen molar-refractivity contribution in [1.29, 1.82) is 0 Å². The van der Waals surface area contributed by atoms with Crippen LogP contribution in [0.25, 0.3) is 0 Å². The minimum absolute atomic E-state index is 0.280. The minimum atomic E-state index is -2.00. The van der Waals surface area contributed by atoms with E-state index < -0.39 is 29.1 Å². The first-order valence-corrected chi connectivity index (χ1v) is 11.7. The second-order valence-electron chi connectivity index (χ2n) is 8.92. The van der Waals surface area contributed by atoms with Crippen LogP contribution in [0.1, 0.15) is 22.6 Å². The number of carbonyl (C=O) groups excluding carboxylic acids is 1. The zero-order chi connectivity index (χ0) is 24.3. The molecule has 7 nitrogen and oxygen atoms in total. The summed E-state index contributed by atoms with van der Waals surface area (Å²) < 4.78 is 13.0. The van der Waals surface area contributed by atoms with Crippen LogP contribution in [-0.2, 0) is 16.0 Å². The van der Waals surface area contributed by atoms with Crippen LogP contribution in [0.2, 0.25) is 0 Å². The van der Waals surface area contributed by atoms with Gasteiger partial charge in [-0.3, -0.25) is 9.78 Å². The smallest absolute Gasteiger partial charge is 0.228 e. The number of methoxy groups -OCH3 is 1. The van der Waals surface area contributed by atoms with Crippen LogP contribution < -0.4 is 9.47 Å². The summed E-state index contributed by atoms with van der Waals surface area (Å²) in [6, 6.07) is 16.8. The molecule has 1 amide bonds. The van der Waals surface area contributed by atoms with E-state index in [9.17, 15) is 15.0 Å². The molecule has 2 aliphatic rings. The van der Waals surface area contributed by atoms with Gasteiger partial charge in [0, 0.05) is 24.5 Å². The molecule has 0 unspecified atom stereocenters. The molecule has 1 aromatic heterocycles. The molecule has 2 N–H and O–H groups in total. The maximum Gasteiger partial charge on any atom is 0.228 e. The topological polar surface area (TPSA) is 92.1 Å². The molecule has 1 aliphatic heterocycles. The molecule has 0 saturated heterocycles. The van der Waals surface area contributed by atoms with E-state index in [0.717, 1.165) is 10.0 Å². The molecule has 2 aromatic carbocycles. The predicted molar refractivity (Wildman–Crippen MR) is 129 cm³/mol. The van der Waals surface area contributed by atoms with Crippen molar-refractivity contribution in [3.05, 3.63) is 88.2 Å². The third kappa shape index (κ3) is 2.88. The lowest BCUT2D eigenvalue weighted by atomic mass is 9.70. The second kappa shape index (κ2) is 8.08. The van der Waals surface area contributed by atoms with Crippen molar-refractivity contribution in [1.82, 2.24) is 9.88 Å². The number of pyridine rings is 1. The highest BCUT2D eigenvalue weighted by molar-refractivity contribution is 9.10. The molecular weight excluding hydrogens is 500 g/mol. The Kier molecular flexibility index (Phi) is 5.42. The Labute approximate surface area is 206 Å². The van der Waals surface area contributed by atoms with Crippen LogP contribution in [0.3, 0.4) is 0 Å². The maximum absolute atomic E-state index is 13.6. The number of hydrogen-bond donors (Lipinski definition) is 2. The number of ether oxygens (including phenoxy) is 2. The van der Waals surface area contributed by atoms with Crippen LogP contribution >= 0.6 is 15.9 Å². The number of amides is 1. The molecule has 1 saturated carbocycles. The van der Waals surface area contributed by atoms with Gasteiger partial charge >= 0.3 is 0 Å². The van der Waals surface area contributed by atoms with E-state index in [1.165, 1.54) is 24.4 Å². The number of hydrogen-bond acceptors (Lipinski definition) is 6. The van der Waals surface area contributed by atoms with Crippen molar-refractivity contribution in [2.24, 2.45) is 5.92 Å². The number of fused-ring (bicyclic) bond motifs is 3. The SMILES string of the molecule is COc1cncc2c1[C@]1(O)[C@H](O)[C@H](C(=O)N(C)C)[C@@H](c3ccccc3)[C@]1(c1ccc(Br)cc1)O2. The van der Waals surface area contributed by atoms with Crippen LogP contribution in [0.15, 0.2) is 71.5 Å². The van der Waals surface area contributed by atoms with E-state index in [-0.39, 0.29) is 17.2 Å². The number of aliphatic hydroxyl groups excluding tert-OH is 1. The maximum atomic E-state index is 13.6. The standard InChI is InChI=1S/C26H25BrN2O5/c1-29(2)24(31)20-21(15-7-5-4-6-8-15)26(16-9-11-17(27)12-10-16)25(32,23(20)30)22-18(33-3)13-28-14-19(22)34-26/h4-14,20-21,23,30,32H,1-3H3/t20-,21-,23-,25+,26+/m1/s1. The number of benzene rings is 2. The van der Waals surface area contributed by atoms with Crippen molar-refractivity contribution in [3.63, 3.8) is 0 Å². The van der Waals surface area contributed by atoms with Gasteiger partial charge in [-0.05, 0) is 23.3 Å². The summed E-state index contributed by atoms with van der Waals surface area (Å²) in [6.07, 6.45) is 1.49. The Morgan fingerprint density at radius 2 is 1.79 bits per heavy atom. The number of nitrogens with zero attached hydrogens (tertiary/aromatic N) is 2. The molecule has 1 aliphatic carbocycles. The first kappa shape index (κ1) is 22.8. The fourth-order valence-electron chi connectivity index (χ4n) is 5.67. The molecule has 5 rings (SSSR count). The van der Waals surface area contributed by atoms with E-state index in [4.69, 9.17) is 9.47 Å². The lowest BCUT2D eigenvalue weighted by Gasteiger charge is -2.40. The molecule has 8 heteroatoms. The van der Waals surface area contributed by atoms with Crippen LogP contribution in [0.5, 0.6) is 11.5 Å². The highest BCUT2D eigenvalue weighted by Gasteiger charge is 2.78. The van der Waals surface area contributed by atoms with Crippen LogP contribution in [0, 0.1) is 5.92 Å². The highest BCUT2D eigenvalue weighted by Crippen LogP contribution is 2.69. The lowest BCUT2D eigenvalue weighted by molar-refractivity contribution is -0.156. The summed E-state index contributed by atoms with van der Waals surface area (Å²) in [7, 11) is 4.75. The number of halogens is 1. The first-order valence-electron chi connectivity index (χ1n) is 10.9. The molecule has 1 fully saturated rings. The van der Waals surface area contributed by atoms with Gasteiger partial charge in [-0.15, -0.1) is 0 Å². The Hall–Kier alpha value is -2.94. The van der Waals surface area contributed by atoms with Crippen molar-refractivity contribution in [2.45, 2.75) is 23.2 Å². The second-order valence-corrected chi connectivity index (χ2v) is 9.83. The molecule has 2 heterocycles. The Bertz CT molecular complexity index is 1240. The van der Waals surface area contributed by atoms with Crippen LogP contribution in [0.4, 0.5) is 0 Å². The van der Waals surface area contributed by atoms with E-state index >= 15 is 0 Å². The van der Waals surface area contributed by atoms with Crippen molar-refractivity contribution in [3.8, 4) is 11.5 Å². The first-order chi connectivity index (χ1) is 16.3. The summed E-state index contributed by atoms with van der Waals surface area (Å²) >= 11 is 3.47. The van der Waals surface area contributed by atoms with Gasteiger partial charge in [-0.1, -0.05) is 58.4 Å². The van der Waals surface area contributed by atoms with Gasteiger partial charge in [0.15, 0.2) is 11.2 Å². The van der Waals surface area contributed by atoms with Gasteiger partial charge in [0.1, 0.15) is 17.6 Å². The average Bonchev–Trinajstić information content (AvgIpc) is 3.22. The summed E-state index contributed by atoms with van der Waals surface area (Å²) in [6.45, 7) is 0. The molecule has 176 valence electrons. The zero-order valence-corrected chi connectivity index (χ0v) is 20.6. The molecule has 0 bridgehead atoms. The van der Waals surface area contributed by atoms with Crippen LogP contribution in [-0.4, -0.2) is 53.3 Å². The molecule has 5 atom stereocenters. The summed E-state index contributed by atoms with van der Waals surface area (Å²) in [4.78, 5) is 19.2. The molecule has 3 aromatic rings. The molecular formula is C26H25BrN2O5. The van der Waals surface area contributed by atoms with E-state index in [1.54, 1.807) is 14.1 Å². The van der Waals surface area contributed by atoms with Crippen molar-refractivity contribution >= 4 is 21.8 Å². The number of rotatable bonds is 4. The van der Waals surface area contributed by atoms with Gasteiger partial charge in [0.25, 0.3) is 0 Å². The van der Waals surface area contributed by atoms with Gasteiger partial charge in [-0.2, -0.15) is 0 Å². The van der Waals surface area contributed by atoms with E-state index in [1.807, 2.05) is 54.6 Å². The zero-order valence-electron chi connectivity index (χ0n) is 19.0. The number of aliphatic hydroxyl groups is 2. The fraction of sp³-hybridized carbons (Fsp3) is 0.308. The quantitative estimate of drug-likeness (QED) is 0.544. The summed E-state index contributed by atoms with van der Waals surface area (Å²) in [5, 5.41) is 24.5. The third-order valence-corrected chi connectivity index (χ3v) is 7.57. The van der Waals surface area contributed by atoms with Gasteiger partial charge < -0.3 is 24.6 Å². The summed E-state index contributed by atoms with van der Waals surface area (Å²) in [5.74, 6) is -1.43. The fourth-order valence-corrected chi connectivity index (χ4v) is 5.93. The third-order valence-electron chi connectivity index (χ3n) is 7.04. The monoisotopic (exact) mass is 524 g/mol. The molecule has 0 radical (unpaired) electrons. The van der Waals surface area contributed by atoms with E-state index in [0.29, 0.717) is 11.3 Å². The molecule has 34 heavy (non-hydrogen) atoms.